The lowest BCUT2D eigenvalue weighted by atomic mass is 9.93. The number of aryl methyl sites for hydroxylation is 1. The fourth-order valence-corrected chi connectivity index (χ4v) is 2.89. The minimum absolute atomic E-state index is 0.0198. The number of fused-ring (bicyclic) bond motifs is 1. The number of ether oxygens (including phenoxy) is 1. The summed E-state index contributed by atoms with van der Waals surface area (Å²) in [6, 6.07) is 12.8. The number of carbonyl (C=O) groups excluding carboxylic acids is 2. The molecule has 0 aliphatic carbocycles. The van der Waals surface area contributed by atoms with E-state index in [9.17, 15) is 9.59 Å². The number of hydrogen-bond donors (Lipinski definition) is 1. The number of rotatable bonds is 2. The molecule has 2 aromatic carbocycles. The molecule has 0 radical (unpaired) electrons. The zero-order chi connectivity index (χ0) is 18.2. The summed E-state index contributed by atoms with van der Waals surface area (Å²) in [5.74, 6) is 0.436. The summed E-state index contributed by atoms with van der Waals surface area (Å²) >= 11 is 0. The van der Waals surface area contributed by atoms with Crippen molar-refractivity contribution in [2.24, 2.45) is 5.41 Å². The Labute approximate surface area is 147 Å². The van der Waals surface area contributed by atoms with Gasteiger partial charge < -0.3 is 15.0 Å². The monoisotopic (exact) mass is 338 g/mol. The molecule has 0 spiro atoms. The summed E-state index contributed by atoms with van der Waals surface area (Å²) in [7, 11) is 1.73. The number of carbonyl (C=O) groups is 2. The van der Waals surface area contributed by atoms with E-state index in [1.165, 1.54) is 0 Å². The molecule has 2 amide bonds. The van der Waals surface area contributed by atoms with Crippen LogP contribution in [-0.2, 0) is 4.79 Å². The van der Waals surface area contributed by atoms with Gasteiger partial charge in [-0.1, -0.05) is 18.2 Å². The Bertz CT molecular complexity index is 843. The molecule has 0 aromatic heterocycles. The lowest BCUT2D eigenvalue weighted by molar-refractivity contribution is -0.127. The van der Waals surface area contributed by atoms with Gasteiger partial charge in [-0.3, -0.25) is 9.59 Å². The zero-order valence-corrected chi connectivity index (χ0v) is 14.9. The molecule has 0 fully saturated rings. The predicted molar refractivity (Wildman–Crippen MR) is 98.3 cm³/mol. The summed E-state index contributed by atoms with van der Waals surface area (Å²) in [4.78, 5) is 26.7. The van der Waals surface area contributed by atoms with Crippen LogP contribution in [0.25, 0.3) is 0 Å². The SMILES string of the molecule is Cc1ccccc1C(=O)Nc1ccc2c(c1)N(C)C(=O)C(C)(C)CO2. The van der Waals surface area contributed by atoms with Crippen LogP contribution in [-0.4, -0.2) is 25.5 Å². The fraction of sp³-hybridized carbons (Fsp3) is 0.300. The lowest BCUT2D eigenvalue weighted by Gasteiger charge is -2.24. The number of nitrogens with zero attached hydrogens (tertiary/aromatic N) is 1. The summed E-state index contributed by atoms with van der Waals surface area (Å²) < 4.78 is 5.79. The highest BCUT2D eigenvalue weighted by Gasteiger charge is 2.36. The maximum absolute atomic E-state index is 12.6. The molecule has 0 atom stereocenters. The Kier molecular flexibility index (Phi) is 4.25. The normalized spacial score (nSPS) is 15.8. The summed E-state index contributed by atoms with van der Waals surface area (Å²) in [5.41, 5.74) is 2.21. The Morgan fingerprint density at radius 3 is 2.64 bits per heavy atom. The second-order valence-electron chi connectivity index (χ2n) is 6.99. The minimum Gasteiger partial charge on any atom is -0.490 e. The topological polar surface area (TPSA) is 58.6 Å². The van der Waals surface area contributed by atoms with E-state index in [-0.39, 0.29) is 11.8 Å². The second kappa shape index (κ2) is 6.24. The maximum Gasteiger partial charge on any atom is 0.255 e. The van der Waals surface area contributed by atoms with Gasteiger partial charge in [0.1, 0.15) is 12.4 Å². The van der Waals surface area contributed by atoms with Gasteiger partial charge in [0, 0.05) is 18.3 Å². The molecule has 0 saturated carbocycles. The first kappa shape index (κ1) is 17.0. The van der Waals surface area contributed by atoms with Crippen molar-refractivity contribution in [3.8, 4) is 5.75 Å². The molecular weight excluding hydrogens is 316 g/mol. The van der Waals surface area contributed by atoms with Crippen molar-refractivity contribution >= 4 is 23.2 Å². The van der Waals surface area contributed by atoms with Crippen molar-refractivity contribution < 1.29 is 14.3 Å². The standard InChI is InChI=1S/C20H22N2O3/c1-13-7-5-6-8-15(13)18(23)21-14-9-10-17-16(11-14)22(4)19(24)20(2,3)12-25-17/h5-11H,12H2,1-4H3,(H,21,23). The number of amides is 2. The Hall–Kier alpha value is -2.82. The molecule has 1 aliphatic heterocycles. The molecule has 0 unspecified atom stereocenters. The highest BCUT2D eigenvalue weighted by atomic mass is 16.5. The van der Waals surface area contributed by atoms with Crippen molar-refractivity contribution in [2.45, 2.75) is 20.8 Å². The van der Waals surface area contributed by atoms with Crippen LogP contribution >= 0.6 is 0 Å². The first-order chi connectivity index (χ1) is 11.8. The van der Waals surface area contributed by atoms with Gasteiger partial charge in [-0.25, -0.2) is 0 Å². The van der Waals surface area contributed by atoms with E-state index in [0.717, 1.165) is 5.56 Å². The van der Waals surface area contributed by atoms with Gasteiger partial charge in [-0.05, 0) is 50.6 Å². The molecule has 0 saturated heterocycles. The average Bonchev–Trinajstić information content (AvgIpc) is 2.66. The molecule has 2 aromatic rings. The smallest absolute Gasteiger partial charge is 0.255 e. The highest BCUT2D eigenvalue weighted by Crippen LogP contribution is 2.37. The van der Waals surface area contributed by atoms with Crippen LogP contribution in [0.3, 0.4) is 0 Å². The third kappa shape index (κ3) is 3.22. The molecule has 1 heterocycles. The minimum atomic E-state index is -0.599. The van der Waals surface area contributed by atoms with Crippen LogP contribution in [0.4, 0.5) is 11.4 Å². The van der Waals surface area contributed by atoms with Gasteiger partial charge in [0.05, 0.1) is 11.1 Å². The molecule has 5 heteroatoms. The van der Waals surface area contributed by atoms with E-state index in [4.69, 9.17) is 4.74 Å². The molecule has 5 nitrogen and oxygen atoms in total. The van der Waals surface area contributed by atoms with Gasteiger partial charge in [-0.15, -0.1) is 0 Å². The summed E-state index contributed by atoms with van der Waals surface area (Å²) in [6.07, 6.45) is 0. The first-order valence-electron chi connectivity index (χ1n) is 8.21. The summed E-state index contributed by atoms with van der Waals surface area (Å²) in [5, 5.41) is 2.89. The zero-order valence-electron chi connectivity index (χ0n) is 14.9. The van der Waals surface area contributed by atoms with Crippen LogP contribution in [0.1, 0.15) is 29.8 Å². The van der Waals surface area contributed by atoms with E-state index < -0.39 is 5.41 Å². The van der Waals surface area contributed by atoms with Crippen molar-refractivity contribution in [3.63, 3.8) is 0 Å². The van der Waals surface area contributed by atoms with Crippen molar-refractivity contribution in [2.75, 3.05) is 23.9 Å². The average molecular weight is 338 g/mol. The van der Waals surface area contributed by atoms with Crippen LogP contribution in [0.5, 0.6) is 5.75 Å². The van der Waals surface area contributed by atoms with Gasteiger partial charge in [-0.2, -0.15) is 0 Å². The molecule has 0 bridgehead atoms. The van der Waals surface area contributed by atoms with E-state index in [0.29, 0.717) is 29.3 Å². The third-order valence-corrected chi connectivity index (χ3v) is 4.44. The van der Waals surface area contributed by atoms with Gasteiger partial charge >= 0.3 is 0 Å². The summed E-state index contributed by atoms with van der Waals surface area (Å²) in [6.45, 7) is 5.93. The van der Waals surface area contributed by atoms with Crippen molar-refractivity contribution in [1.82, 2.24) is 0 Å². The van der Waals surface area contributed by atoms with Crippen molar-refractivity contribution in [1.29, 1.82) is 0 Å². The van der Waals surface area contributed by atoms with Crippen LogP contribution in [0, 0.1) is 12.3 Å². The van der Waals surface area contributed by atoms with E-state index in [1.54, 1.807) is 36.2 Å². The van der Waals surface area contributed by atoms with E-state index in [1.807, 2.05) is 39.0 Å². The highest BCUT2D eigenvalue weighted by molar-refractivity contribution is 6.06. The molecule has 1 aliphatic rings. The molecule has 1 N–H and O–H groups in total. The quantitative estimate of drug-likeness (QED) is 0.910. The Morgan fingerprint density at radius 2 is 1.92 bits per heavy atom. The van der Waals surface area contributed by atoms with Gasteiger partial charge in [0.2, 0.25) is 5.91 Å². The Balaban J connectivity index is 1.89. The molecular formula is C20H22N2O3. The largest absolute Gasteiger partial charge is 0.490 e. The van der Waals surface area contributed by atoms with Crippen molar-refractivity contribution in [3.05, 3.63) is 53.6 Å². The number of nitrogens with one attached hydrogen (secondary N) is 1. The predicted octanol–water partition coefficient (Wildman–Crippen LogP) is 3.63. The second-order valence-corrected chi connectivity index (χ2v) is 6.99. The number of benzene rings is 2. The van der Waals surface area contributed by atoms with Crippen LogP contribution in [0.2, 0.25) is 0 Å². The third-order valence-electron chi connectivity index (χ3n) is 4.44. The molecule has 25 heavy (non-hydrogen) atoms. The van der Waals surface area contributed by atoms with Gasteiger partial charge in [0.15, 0.2) is 0 Å². The van der Waals surface area contributed by atoms with Crippen LogP contribution < -0.4 is 15.0 Å². The Morgan fingerprint density at radius 1 is 1.20 bits per heavy atom. The number of anilines is 2. The van der Waals surface area contributed by atoms with Gasteiger partial charge in [0.25, 0.3) is 5.91 Å². The van der Waals surface area contributed by atoms with E-state index >= 15 is 0 Å². The first-order valence-corrected chi connectivity index (χ1v) is 8.21. The van der Waals surface area contributed by atoms with Crippen LogP contribution in [0.15, 0.2) is 42.5 Å². The lowest BCUT2D eigenvalue weighted by Crippen LogP contribution is -2.39. The maximum atomic E-state index is 12.6. The molecule has 3 rings (SSSR count). The fourth-order valence-electron chi connectivity index (χ4n) is 2.89. The van der Waals surface area contributed by atoms with E-state index in [2.05, 4.69) is 5.32 Å². The molecule has 130 valence electrons. The number of hydrogen-bond acceptors (Lipinski definition) is 3.